The summed E-state index contributed by atoms with van der Waals surface area (Å²) in [5.74, 6) is -1.62. The molecule has 4 atom stereocenters. The molecule has 250 valence electrons. The second-order valence-corrected chi connectivity index (χ2v) is 11.9. The summed E-state index contributed by atoms with van der Waals surface area (Å²) in [6, 6.07) is 36.2. The zero-order valence-electron chi connectivity index (χ0n) is 26.6. The number of cyclic esters (lactones) is 1. The normalized spacial score (nSPS) is 16.0. The number of aliphatic hydroxyl groups excluding tert-OH is 1. The molecule has 1 saturated heterocycles. The van der Waals surface area contributed by atoms with Gasteiger partial charge in [-0.2, -0.15) is 0 Å². The second-order valence-electron chi connectivity index (χ2n) is 11.9. The second kappa shape index (κ2) is 15.6. The molecule has 0 unspecified atom stereocenters. The number of imide groups is 1. The number of nitrogens with zero attached hydrogens (tertiary/aromatic N) is 1. The van der Waals surface area contributed by atoms with E-state index in [1.165, 1.54) is 36.4 Å². The molecule has 1 fully saturated rings. The number of anilines is 1. The Kier molecular flexibility index (Phi) is 10.6. The molecule has 1 aliphatic rings. The SMILES string of the molecule is O=C1OC[C@H](c2ccccc2)N1C(=O)[C@H](CC[C@@H](O)c1ccc(F)cc1)[C@H](Nc1ccc(F)cc1)c1ccc(OCc2ccccc2)cc1. The van der Waals surface area contributed by atoms with Gasteiger partial charge >= 0.3 is 6.09 Å². The Balaban J connectivity index is 1.34. The van der Waals surface area contributed by atoms with Gasteiger partial charge in [-0.05, 0) is 83.6 Å². The third-order valence-electron chi connectivity index (χ3n) is 8.67. The van der Waals surface area contributed by atoms with E-state index in [2.05, 4.69) is 5.32 Å². The molecular formula is C40H36F2N2O5. The van der Waals surface area contributed by atoms with Crippen molar-refractivity contribution >= 4 is 17.7 Å². The fraction of sp³-hybridized carbons (Fsp3) is 0.200. The first-order valence-electron chi connectivity index (χ1n) is 16.1. The van der Waals surface area contributed by atoms with Gasteiger partial charge < -0.3 is 19.9 Å². The highest BCUT2D eigenvalue weighted by atomic mass is 19.1. The number of hydrogen-bond acceptors (Lipinski definition) is 6. The van der Waals surface area contributed by atoms with Crippen LogP contribution in [0, 0.1) is 17.6 Å². The van der Waals surface area contributed by atoms with E-state index in [0.717, 1.165) is 16.0 Å². The number of hydrogen-bond donors (Lipinski definition) is 2. The molecule has 9 heteroatoms. The van der Waals surface area contributed by atoms with Gasteiger partial charge in [0.1, 0.15) is 36.6 Å². The van der Waals surface area contributed by atoms with Crippen LogP contribution in [-0.2, 0) is 16.1 Å². The predicted molar refractivity (Wildman–Crippen MR) is 181 cm³/mol. The Morgan fingerprint density at radius 3 is 2.04 bits per heavy atom. The fourth-order valence-corrected chi connectivity index (χ4v) is 6.04. The van der Waals surface area contributed by atoms with Crippen LogP contribution in [0.5, 0.6) is 5.75 Å². The lowest BCUT2D eigenvalue weighted by Crippen LogP contribution is -2.42. The van der Waals surface area contributed by atoms with E-state index in [9.17, 15) is 23.5 Å². The van der Waals surface area contributed by atoms with Crippen LogP contribution in [0.4, 0.5) is 19.3 Å². The van der Waals surface area contributed by atoms with Crippen molar-refractivity contribution in [3.63, 3.8) is 0 Å². The smallest absolute Gasteiger partial charge is 0.417 e. The maximum atomic E-state index is 14.7. The average molecular weight is 663 g/mol. The van der Waals surface area contributed by atoms with E-state index in [0.29, 0.717) is 29.2 Å². The van der Waals surface area contributed by atoms with Gasteiger partial charge in [-0.25, -0.2) is 18.5 Å². The third kappa shape index (κ3) is 8.31. The first-order valence-corrected chi connectivity index (χ1v) is 16.1. The molecule has 5 aromatic carbocycles. The molecule has 0 saturated carbocycles. The van der Waals surface area contributed by atoms with Crippen molar-refractivity contribution in [1.29, 1.82) is 0 Å². The molecule has 0 bridgehead atoms. The van der Waals surface area contributed by atoms with E-state index >= 15 is 0 Å². The Morgan fingerprint density at radius 2 is 1.39 bits per heavy atom. The van der Waals surface area contributed by atoms with Crippen molar-refractivity contribution in [2.75, 3.05) is 11.9 Å². The minimum atomic E-state index is -1.01. The number of halogens is 2. The van der Waals surface area contributed by atoms with Crippen LogP contribution in [-0.4, -0.2) is 28.6 Å². The monoisotopic (exact) mass is 662 g/mol. The zero-order chi connectivity index (χ0) is 34.2. The van der Waals surface area contributed by atoms with Crippen LogP contribution >= 0.6 is 0 Å². The first kappa shape index (κ1) is 33.4. The standard InChI is InChI=1S/C40H36F2N2O5/c41-31-15-11-29(12-16-31)37(45)24-23-35(39(46)44-36(26-49-40(44)47)28-9-5-2-6-10-28)38(43-33-19-17-32(42)18-20-33)30-13-21-34(22-14-30)48-25-27-7-3-1-4-8-27/h1-22,35-38,43,45H,23-26H2/t35-,36-,37-,38-/m1/s1. The largest absolute Gasteiger partial charge is 0.489 e. The van der Waals surface area contributed by atoms with Crippen LogP contribution in [0.25, 0.3) is 0 Å². The number of ether oxygens (including phenoxy) is 2. The number of carbonyl (C=O) groups excluding carboxylic acids is 2. The van der Waals surface area contributed by atoms with E-state index in [4.69, 9.17) is 9.47 Å². The van der Waals surface area contributed by atoms with Gasteiger partial charge in [-0.3, -0.25) is 4.79 Å². The summed E-state index contributed by atoms with van der Waals surface area (Å²) in [5.41, 5.74) is 3.51. The topological polar surface area (TPSA) is 88.1 Å². The van der Waals surface area contributed by atoms with Crippen molar-refractivity contribution in [2.24, 2.45) is 5.92 Å². The Labute approximate surface area is 283 Å². The molecule has 0 spiro atoms. The lowest BCUT2D eigenvalue weighted by Gasteiger charge is -2.32. The first-order chi connectivity index (χ1) is 23.9. The number of amides is 2. The molecule has 0 aliphatic carbocycles. The molecule has 1 heterocycles. The number of benzene rings is 5. The summed E-state index contributed by atoms with van der Waals surface area (Å²) < 4.78 is 39.0. The molecule has 7 nitrogen and oxygen atoms in total. The number of rotatable bonds is 13. The predicted octanol–water partition coefficient (Wildman–Crippen LogP) is 8.55. The molecule has 5 aromatic rings. The lowest BCUT2D eigenvalue weighted by molar-refractivity contribution is -0.134. The van der Waals surface area contributed by atoms with Crippen LogP contribution in [0.15, 0.2) is 133 Å². The van der Waals surface area contributed by atoms with E-state index in [1.54, 1.807) is 12.1 Å². The Bertz CT molecular complexity index is 1820. The zero-order valence-corrected chi connectivity index (χ0v) is 26.6. The maximum absolute atomic E-state index is 14.7. The molecular weight excluding hydrogens is 626 g/mol. The minimum absolute atomic E-state index is 0.00299. The van der Waals surface area contributed by atoms with Gasteiger partial charge in [-0.1, -0.05) is 84.9 Å². The molecule has 0 aromatic heterocycles. The van der Waals surface area contributed by atoms with Crippen molar-refractivity contribution in [3.8, 4) is 5.75 Å². The molecule has 0 radical (unpaired) electrons. The Hall–Kier alpha value is -5.54. The van der Waals surface area contributed by atoms with Crippen molar-refractivity contribution in [2.45, 2.75) is 37.6 Å². The summed E-state index contributed by atoms with van der Waals surface area (Å²) >= 11 is 0. The fourth-order valence-electron chi connectivity index (χ4n) is 6.04. The number of aliphatic hydroxyl groups is 1. The molecule has 6 rings (SSSR count). The van der Waals surface area contributed by atoms with Crippen LogP contribution in [0.1, 0.15) is 53.3 Å². The molecule has 49 heavy (non-hydrogen) atoms. The summed E-state index contributed by atoms with van der Waals surface area (Å²) in [5, 5.41) is 14.5. The van der Waals surface area contributed by atoms with E-state index in [-0.39, 0.29) is 19.4 Å². The van der Waals surface area contributed by atoms with E-state index in [1.807, 2.05) is 84.9 Å². The molecule has 1 aliphatic heterocycles. The van der Waals surface area contributed by atoms with Gasteiger partial charge in [0.15, 0.2) is 0 Å². The summed E-state index contributed by atoms with van der Waals surface area (Å²) in [6.07, 6.45) is -1.51. The highest BCUT2D eigenvalue weighted by molar-refractivity contribution is 5.95. The Morgan fingerprint density at radius 1 is 0.796 bits per heavy atom. The molecule has 2 amide bonds. The third-order valence-corrected chi connectivity index (χ3v) is 8.67. The van der Waals surface area contributed by atoms with Crippen molar-refractivity contribution in [3.05, 3.63) is 167 Å². The van der Waals surface area contributed by atoms with Crippen LogP contribution in [0.2, 0.25) is 0 Å². The molecule has 2 N–H and O–H groups in total. The lowest BCUT2D eigenvalue weighted by atomic mass is 9.85. The average Bonchev–Trinajstić information content (AvgIpc) is 3.53. The highest BCUT2D eigenvalue weighted by Crippen LogP contribution is 2.38. The van der Waals surface area contributed by atoms with Gasteiger partial charge in [0, 0.05) is 5.69 Å². The van der Waals surface area contributed by atoms with E-state index < -0.39 is 47.7 Å². The quantitative estimate of drug-likeness (QED) is 0.131. The summed E-state index contributed by atoms with van der Waals surface area (Å²) in [6.45, 7) is 0.376. The van der Waals surface area contributed by atoms with Crippen molar-refractivity contribution < 1.29 is 33.0 Å². The van der Waals surface area contributed by atoms with Gasteiger partial charge in [0.25, 0.3) is 0 Å². The summed E-state index contributed by atoms with van der Waals surface area (Å²) in [7, 11) is 0. The van der Waals surface area contributed by atoms with Gasteiger partial charge in [0.05, 0.1) is 18.1 Å². The van der Waals surface area contributed by atoms with Gasteiger partial charge in [-0.15, -0.1) is 0 Å². The number of nitrogens with one attached hydrogen (secondary N) is 1. The van der Waals surface area contributed by atoms with Crippen molar-refractivity contribution in [1.82, 2.24) is 4.90 Å². The van der Waals surface area contributed by atoms with Gasteiger partial charge in [0.2, 0.25) is 5.91 Å². The minimum Gasteiger partial charge on any atom is -0.489 e. The highest BCUT2D eigenvalue weighted by Gasteiger charge is 2.44. The summed E-state index contributed by atoms with van der Waals surface area (Å²) in [4.78, 5) is 29.0. The van der Waals surface area contributed by atoms with Crippen LogP contribution < -0.4 is 10.1 Å². The van der Waals surface area contributed by atoms with Crippen LogP contribution in [0.3, 0.4) is 0 Å². The maximum Gasteiger partial charge on any atom is 0.417 e. The number of carbonyl (C=O) groups is 2.